The number of rotatable bonds is 2. The van der Waals surface area contributed by atoms with Crippen molar-refractivity contribution in [3.05, 3.63) is 29.6 Å². The lowest BCUT2D eigenvalue weighted by atomic mass is 10.1. The molecule has 0 spiro atoms. The lowest BCUT2D eigenvalue weighted by Gasteiger charge is -2.15. The smallest absolute Gasteiger partial charge is 0.272 e. The van der Waals surface area contributed by atoms with Gasteiger partial charge < -0.3 is 4.90 Å². The van der Waals surface area contributed by atoms with E-state index in [2.05, 4.69) is 4.98 Å². The van der Waals surface area contributed by atoms with E-state index in [9.17, 15) is 13.6 Å². The summed E-state index contributed by atoms with van der Waals surface area (Å²) < 4.78 is 26.1. The van der Waals surface area contributed by atoms with Crippen LogP contribution in [-0.2, 0) is 0 Å². The lowest BCUT2D eigenvalue weighted by Crippen LogP contribution is -2.30. The third-order valence-corrected chi connectivity index (χ3v) is 3.05. The monoisotopic (exact) mass is 254 g/mol. The molecule has 1 amide bonds. The van der Waals surface area contributed by atoms with Gasteiger partial charge in [0.1, 0.15) is 5.69 Å². The highest BCUT2D eigenvalue weighted by Gasteiger charge is 2.36. The van der Waals surface area contributed by atoms with E-state index in [1.54, 1.807) is 12.1 Å². The van der Waals surface area contributed by atoms with Crippen molar-refractivity contribution in [1.82, 2.24) is 9.88 Å². The number of carbonyl (C=O) groups excluding carboxylic acids is 1. The number of aromatic nitrogens is 1. The maximum absolute atomic E-state index is 13.1. The van der Waals surface area contributed by atoms with Gasteiger partial charge in [-0.1, -0.05) is 19.9 Å². The van der Waals surface area contributed by atoms with Crippen LogP contribution in [0, 0.1) is 0 Å². The van der Waals surface area contributed by atoms with Crippen molar-refractivity contribution >= 4 is 5.91 Å². The van der Waals surface area contributed by atoms with Gasteiger partial charge in [0.25, 0.3) is 5.91 Å². The van der Waals surface area contributed by atoms with Crippen LogP contribution in [0.5, 0.6) is 0 Å². The van der Waals surface area contributed by atoms with Gasteiger partial charge in [0.2, 0.25) is 0 Å². The predicted molar refractivity (Wildman–Crippen MR) is 64.0 cm³/mol. The molecule has 0 radical (unpaired) electrons. The first-order chi connectivity index (χ1) is 8.49. The van der Waals surface area contributed by atoms with Crippen LogP contribution in [0.4, 0.5) is 8.78 Å². The average Bonchev–Trinajstić information content (AvgIpc) is 2.69. The summed E-state index contributed by atoms with van der Waals surface area (Å²) in [7, 11) is 0. The van der Waals surface area contributed by atoms with Crippen LogP contribution >= 0.6 is 0 Å². The molecular formula is C13H16F2N2O. The van der Waals surface area contributed by atoms with E-state index in [0.717, 1.165) is 5.69 Å². The number of hydrogen-bond donors (Lipinski definition) is 0. The molecule has 98 valence electrons. The summed E-state index contributed by atoms with van der Waals surface area (Å²) in [5, 5.41) is 0. The first-order valence-electron chi connectivity index (χ1n) is 6.03. The van der Waals surface area contributed by atoms with E-state index in [1.165, 1.54) is 4.90 Å². The molecule has 1 aliphatic rings. The molecule has 18 heavy (non-hydrogen) atoms. The van der Waals surface area contributed by atoms with Gasteiger partial charge in [0.15, 0.2) is 12.3 Å². The molecule has 5 heteroatoms. The van der Waals surface area contributed by atoms with Crippen LogP contribution < -0.4 is 0 Å². The van der Waals surface area contributed by atoms with Crippen LogP contribution in [0.3, 0.4) is 0 Å². The normalized spacial score (nSPS) is 23.7. The predicted octanol–water partition coefficient (Wildman–Crippen LogP) is 2.34. The fourth-order valence-corrected chi connectivity index (χ4v) is 1.94. The zero-order valence-corrected chi connectivity index (χ0v) is 10.4. The van der Waals surface area contributed by atoms with Crippen LogP contribution in [0.15, 0.2) is 18.2 Å². The van der Waals surface area contributed by atoms with Gasteiger partial charge in [0, 0.05) is 5.69 Å². The van der Waals surface area contributed by atoms with Gasteiger partial charge in [-0.3, -0.25) is 4.79 Å². The molecular weight excluding hydrogens is 238 g/mol. The minimum absolute atomic E-state index is 0.187. The van der Waals surface area contributed by atoms with Crippen molar-refractivity contribution in [3.63, 3.8) is 0 Å². The summed E-state index contributed by atoms with van der Waals surface area (Å²) in [6.07, 6.45) is -3.16. The zero-order valence-electron chi connectivity index (χ0n) is 10.4. The Kier molecular flexibility index (Phi) is 3.59. The quantitative estimate of drug-likeness (QED) is 0.811. The molecule has 1 aromatic rings. The number of hydrogen-bond acceptors (Lipinski definition) is 2. The molecule has 0 N–H and O–H groups in total. The van der Waals surface area contributed by atoms with Gasteiger partial charge in [0.05, 0.1) is 13.1 Å². The van der Waals surface area contributed by atoms with Crippen molar-refractivity contribution in [1.29, 1.82) is 0 Å². The molecule has 2 rings (SSSR count). The first-order valence-corrected chi connectivity index (χ1v) is 6.03. The maximum Gasteiger partial charge on any atom is 0.272 e. The Labute approximate surface area is 105 Å². The van der Waals surface area contributed by atoms with Gasteiger partial charge in [-0.25, -0.2) is 13.8 Å². The number of likely N-dealkylation sites (tertiary alicyclic amines) is 1. The highest BCUT2D eigenvalue weighted by Crippen LogP contribution is 2.19. The van der Waals surface area contributed by atoms with Crippen molar-refractivity contribution in [3.8, 4) is 0 Å². The molecule has 2 heterocycles. The van der Waals surface area contributed by atoms with Crippen LogP contribution in [-0.4, -0.2) is 41.2 Å². The summed E-state index contributed by atoms with van der Waals surface area (Å²) in [5.74, 6) is -0.195. The SMILES string of the molecule is CC(C)c1cccc(C(=O)N2CC(F)C(F)C2)n1. The van der Waals surface area contributed by atoms with E-state index in [1.807, 2.05) is 19.9 Å². The molecule has 0 aromatic carbocycles. The highest BCUT2D eigenvalue weighted by molar-refractivity contribution is 5.92. The molecule has 2 unspecified atom stereocenters. The van der Waals surface area contributed by atoms with E-state index >= 15 is 0 Å². The van der Waals surface area contributed by atoms with Crippen molar-refractivity contribution < 1.29 is 13.6 Å². The van der Waals surface area contributed by atoms with E-state index in [4.69, 9.17) is 0 Å². The number of nitrogens with zero attached hydrogens (tertiary/aromatic N) is 2. The molecule has 1 fully saturated rings. The zero-order chi connectivity index (χ0) is 13.3. The molecule has 0 bridgehead atoms. The van der Waals surface area contributed by atoms with Crippen molar-refractivity contribution in [2.45, 2.75) is 32.1 Å². The second-order valence-electron chi connectivity index (χ2n) is 4.84. The molecule has 1 aromatic heterocycles. The fourth-order valence-electron chi connectivity index (χ4n) is 1.94. The van der Waals surface area contributed by atoms with Crippen LogP contribution in [0.2, 0.25) is 0 Å². The largest absolute Gasteiger partial charge is 0.331 e. The first kappa shape index (κ1) is 12.9. The summed E-state index contributed by atoms with van der Waals surface area (Å²) in [4.78, 5) is 17.5. The van der Waals surface area contributed by atoms with E-state index in [-0.39, 0.29) is 24.7 Å². The molecule has 1 aliphatic heterocycles. The van der Waals surface area contributed by atoms with E-state index in [0.29, 0.717) is 0 Å². The lowest BCUT2D eigenvalue weighted by molar-refractivity contribution is 0.0772. The van der Waals surface area contributed by atoms with Crippen molar-refractivity contribution in [2.24, 2.45) is 0 Å². The molecule has 2 atom stereocenters. The topological polar surface area (TPSA) is 33.2 Å². The highest BCUT2D eigenvalue weighted by atomic mass is 19.2. The third kappa shape index (κ3) is 2.49. The number of halogens is 2. The fraction of sp³-hybridized carbons (Fsp3) is 0.538. The Morgan fingerprint density at radius 1 is 1.33 bits per heavy atom. The average molecular weight is 254 g/mol. The summed E-state index contributed by atoms with van der Waals surface area (Å²) in [6, 6.07) is 5.15. The Morgan fingerprint density at radius 3 is 2.50 bits per heavy atom. The Bertz CT molecular complexity index is 440. The molecule has 0 saturated carbocycles. The second-order valence-corrected chi connectivity index (χ2v) is 4.84. The number of amides is 1. The van der Waals surface area contributed by atoms with Gasteiger partial charge in [-0.15, -0.1) is 0 Å². The van der Waals surface area contributed by atoms with Crippen molar-refractivity contribution in [2.75, 3.05) is 13.1 Å². The Morgan fingerprint density at radius 2 is 1.94 bits per heavy atom. The van der Waals surface area contributed by atoms with E-state index < -0.39 is 18.3 Å². The minimum Gasteiger partial charge on any atom is -0.331 e. The Balaban J connectivity index is 2.17. The number of pyridine rings is 1. The van der Waals surface area contributed by atoms with Crippen LogP contribution in [0.1, 0.15) is 35.9 Å². The second kappa shape index (κ2) is 5.00. The van der Waals surface area contributed by atoms with Gasteiger partial charge >= 0.3 is 0 Å². The minimum atomic E-state index is -1.58. The number of alkyl halides is 2. The van der Waals surface area contributed by atoms with Gasteiger partial charge in [-0.05, 0) is 18.1 Å². The van der Waals surface area contributed by atoms with Gasteiger partial charge in [-0.2, -0.15) is 0 Å². The summed E-state index contributed by atoms with van der Waals surface area (Å²) >= 11 is 0. The Hall–Kier alpha value is -1.52. The molecule has 1 saturated heterocycles. The molecule has 3 nitrogen and oxygen atoms in total. The maximum atomic E-state index is 13.1. The molecule has 0 aliphatic carbocycles. The van der Waals surface area contributed by atoms with Crippen LogP contribution in [0.25, 0.3) is 0 Å². The summed E-state index contributed by atoms with van der Waals surface area (Å²) in [5.41, 5.74) is 1.05. The third-order valence-electron chi connectivity index (χ3n) is 3.05. The summed E-state index contributed by atoms with van der Waals surface area (Å²) in [6.45, 7) is 3.57. The number of carbonyl (C=O) groups is 1. The standard InChI is InChI=1S/C13H16F2N2O/c1-8(2)11-4-3-5-12(16-11)13(18)17-6-9(14)10(15)7-17/h3-5,8-10H,6-7H2,1-2H3.